The molecule has 2 N–H and O–H groups in total. The lowest BCUT2D eigenvalue weighted by molar-refractivity contribution is 0.0388. The van der Waals surface area contributed by atoms with Gasteiger partial charge in [-0.3, -0.25) is 0 Å². The van der Waals surface area contributed by atoms with Crippen LogP contribution in [0.15, 0.2) is 0 Å². The predicted molar refractivity (Wildman–Crippen MR) is 70.0 cm³/mol. The van der Waals surface area contributed by atoms with Crippen LogP contribution in [0.2, 0.25) is 0 Å². The maximum Gasteiger partial charge on any atom is 0.209 e. The third kappa shape index (κ3) is 15.8. The number of hydrogen-bond acceptors (Lipinski definition) is 5. The summed E-state index contributed by atoms with van der Waals surface area (Å²) in [6.07, 6.45) is 3.14. The lowest BCUT2D eigenvalue weighted by atomic mass is 10.3. The molecule has 0 radical (unpaired) electrons. The van der Waals surface area contributed by atoms with E-state index in [2.05, 4.69) is 0 Å². The van der Waals surface area contributed by atoms with Crippen LogP contribution >= 0.6 is 0 Å². The van der Waals surface area contributed by atoms with E-state index < -0.39 is 10.0 Å². The highest BCUT2D eigenvalue weighted by Crippen LogP contribution is 1.97. The molecule has 0 rings (SSSR count). The van der Waals surface area contributed by atoms with Gasteiger partial charge in [-0.05, 0) is 19.3 Å². The summed E-state index contributed by atoms with van der Waals surface area (Å²) in [5.74, 6) is 0.0512. The van der Waals surface area contributed by atoms with Gasteiger partial charge in [0.1, 0.15) is 0 Å². The second-order valence-electron chi connectivity index (χ2n) is 4.00. The fraction of sp³-hybridized carbons (Fsp3) is 1.00. The zero-order valence-electron chi connectivity index (χ0n) is 11.1. The molecule has 0 amide bonds. The molecule has 0 saturated heterocycles. The molecule has 0 spiro atoms. The standard InChI is InChI=1S/C11H25NO5S/c1-15-6-5-8-17-10-9-16-7-3-2-4-11-18(12,13)14/h2-11H2,1H3,(H2,12,13,14). The first-order valence-corrected chi connectivity index (χ1v) is 7.92. The van der Waals surface area contributed by atoms with Gasteiger partial charge in [-0.2, -0.15) is 0 Å². The number of unbranched alkanes of at least 4 members (excludes halogenated alkanes) is 2. The van der Waals surface area contributed by atoms with Crippen LogP contribution in [0.5, 0.6) is 0 Å². The van der Waals surface area contributed by atoms with Crippen molar-refractivity contribution in [2.75, 3.05) is 45.9 Å². The minimum Gasteiger partial charge on any atom is -0.385 e. The highest BCUT2D eigenvalue weighted by Gasteiger charge is 2.01. The highest BCUT2D eigenvalue weighted by molar-refractivity contribution is 7.89. The second-order valence-corrected chi connectivity index (χ2v) is 5.73. The molecule has 0 fully saturated rings. The van der Waals surface area contributed by atoms with Crippen LogP contribution in [0, 0.1) is 0 Å². The van der Waals surface area contributed by atoms with Crippen molar-refractivity contribution in [2.45, 2.75) is 25.7 Å². The average Bonchev–Trinajstić information content (AvgIpc) is 2.29. The fourth-order valence-corrected chi connectivity index (χ4v) is 1.92. The summed E-state index contributed by atoms with van der Waals surface area (Å²) in [7, 11) is -1.64. The van der Waals surface area contributed by atoms with Gasteiger partial charge in [0.2, 0.25) is 10.0 Å². The van der Waals surface area contributed by atoms with E-state index in [1.807, 2.05) is 0 Å². The summed E-state index contributed by atoms with van der Waals surface area (Å²) < 4.78 is 36.8. The topological polar surface area (TPSA) is 87.8 Å². The Hall–Kier alpha value is -0.210. The van der Waals surface area contributed by atoms with Gasteiger partial charge in [0.15, 0.2) is 0 Å². The van der Waals surface area contributed by atoms with Gasteiger partial charge < -0.3 is 14.2 Å². The summed E-state index contributed by atoms with van der Waals surface area (Å²) in [6.45, 7) is 3.19. The van der Waals surface area contributed by atoms with Crippen molar-refractivity contribution in [1.29, 1.82) is 0 Å². The van der Waals surface area contributed by atoms with Crippen molar-refractivity contribution >= 4 is 10.0 Å². The molecule has 0 aromatic rings. The second kappa shape index (κ2) is 11.9. The van der Waals surface area contributed by atoms with Crippen LogP contribution in [0.4, 0.5) is 0 Å². The molecular weight excluding hydrogens is 258 g/mol. The lowest BCUT2D eigenvalue weighted by Crippen LogP contribution is -2.16. The summed E-state index contributed by atoms with van der Waals surface area (Å²) in [6, 6.07) is 0. The molecule has 0 aromatic heterocycles. The predicted octanol–water partition coefficient (Wildman–Crippen LogP) is 0.515. The van der Waals surface area contributed by atoms with Gasteiger partial charge in [0, 0.05) is 26.9 Å². The number of ether oxygens (including phenoxy) is 3. The normalized spacial score (nSPS) is 11.9. The Morgan fingerprint density at radius 1 is 0.833 bits per heavy atom. The van der Waals surface area contributed by atoms with E-state index in [1.165, 1.54) is 0 Å². The maximum absolute atomic E-state index is 10.6. The molecule has 7 heteroatoms. The summed E-state index contributed by atoms with van der Waals surface area (Å²) in [5.41, 5.74) is 0. The number of primary sulfonamides is 1. The van der Waals surface area contributed by atoms with E-state index in [4.69, 9.17) is 19.3 Å². The van der Waals surface area contributed by atoms with Crippen molar-refractivity contribution in [2.24, 2.45) is 5.14 Å². The molecule has 18 heavy (non-hydrogen) atoms. The zero-order valence-corrected chi connectivity index (χ0v) is 11.9. The molecule has 0 bridgehead atoms. The highest BCUT2D eigenvalue weighted by atomic mass is 32.2. The number of rotatable bonds is 13. The van der Waals surface area contributed by atoms with Gasteiger partial charge in [0.25, 0.3) is 0 Å². The molecule has 0 heterocycles. The third-order valence-electron chi connectivity index (χ3n) is 2.23. The Bertz CT molecular complexity index is 269. The number of nitrogens with two attached hydrogens (primary N) is 1. The summed E-state index contributed by atoms with van der Waals surface area (Å²) >= 11 is 0. The Labute approximate surface area is 110 Å². The van der Waals surface area contributed by atoms with E-state index in [0.717, 1.165) is 19.3 Å². The molecule has 0 saturated carbocycles. The molecule has 0 aliphatic heterocycles. The molecule has 6 nitrogen and oxygen atoms in total. The Balaban J connectivity index is 3.03. The molecule has 0 aliphatic rings. The average molecular weight is 283 g/mol. The molecule has 0 aromatic carbocycles. The van der Waals surface area contributed by atoms with Crippen LogP contribution in [0.25, 0.3) is 0 Å². The Morgan fingerprint density at radius 3 is 2.00 bits per heavy atom. The lowest BCUT2D eigenvalue weighted by Gasteiger charge is -2.05. The number of methoxy groups -OCH3 is 1. The number of sulfonamides is 1. The number of hydrogen-bond donors (Lipinski definition) is 1. The van der Waals surface area contributed by atoms with E-state index in [0.29, 0.717) is 39.5 Å². The minimum absolute atomic E-state index is 0.0512. The quantitative estimate of drug-likeness (QED) is 0.498. The monoisotopic (exact) mass is 283 g/mol. The van der Waals surface area contributed by atoms with E-state index >= 15 is 0 Å². The SMILES string of the molecule is COCCCOCCOCCCCCS(N)(=O)=O. The van der Waals surface area contributed by atoms with Crippen LogP contribution in [-0.2, 0) is 24.2 Å². The molecule has 110 valence electrons. The first kappa shape index (κ1) is 17.8. The van der Waals surface area contributed by atoms with Crippen molar-refractivity contribution in [1.82, 2.24) is 0 Å². The summed E-state index contributed by atoms with van der Waals surface area (Å²) in [4.78, 5) is 0. The minimum atomic E-state index is -3.31. The molecule has 0 unspecified atom stereocenters. The van der Waals surface area contributed by atoms with Gasteiger partial charge in [-0.15, -0.1) is 0 Å². The van der Waals surface area contributed by atoms with Gasteiger partial charge in [0.05, 0.1) is 19.0 Å². The summed E-state index contributed by atoms with van der Waals surface area (Å²) in [5, 5.41) is 4.88. The largest absolute Gasteiger partial charge is 0.385 e. The third-order valence-corrected chi connectivity index (χ3v) is 3.08. The Kier molecular flexibility index (Phi) is 11.7. The Morgan fingerprint density at radius 2 is 1.44 bits per heavy atom. The van der Waals surface area contributed by atoms with Crippen LogP contribution in [-0.4, -0.2) is 54.3 Å². The maximum atomic E-state index is 10.6. The van der Waals surface area contributed by atoms with Crippen molar-refractivity contribution < 1.29 is 22.6 Å². The van der Waals surface area contributed by atoms with E-state index in [-0.39, 0.29) is 5.75 Å². The molecular formula is C11H25NO5S. The smallest absolute Gasteiger partial charge is 0.209 e. The van der Waals surface area contributed by atoms with Gasteiger partial charge >= 0.3 is 0 Å². The van der Waals surface area contributed by atoms with Crippen molar-refractivity contribution in [3.63, 3.8) is 0 Å². The zero-order chi connectivity index (χ0) is 13.7. The van der Waals surface area contributed by atoms with Gasteiger partial charge in [-0.25, -0.2) is 13.6 Å². The van der Waals surface area contributed by atoms with Gasteiger partial charge in [-0.1, -0.05) is 6.42 Å². The molecule has 0 atom stereocenters. The van der Waals surface area contributed by atoms with Crippen LogP contribution < -0.4 is 5.14 Å². The van der Waals surface area contributed by atoms with Crippen LogP contribution in [0.3, 0.4) is 0 Å². The first-order chi connectivity index (χ1) is 8.56. The van der Waals surface area contributed by atoms with Crippen molar-refractivity contribution in [3.8, 4) is 0 Å². The van der Waals surface area contributed by atoms with Crippen molar-refractivity contribution in [3.05, 3.63) is 0 Å². The van der Waals surface area contributed by atoms with Crippen LogP contribution in [0.1, 0.15) is 25.7 Å². The van der Waals surface area contributed by atoms with E-state index in [1.54, 1.807) is 7.11 Å². The fourth-order valence-electron chi connectivity index (χ4n) is 1.31. The van der Waals surface area contributed by atoms with E-state index in [9.17, 15) is 8.42 Å². The first-order valence-electron chi connectivity index (χ1n) is 6.21. The molecule has 0 aliphatic carbocycles.